The number of aromatic nitrogens is 1. The Labute approximate surface area is 217 Å². The molecule has 37 heavy (non-hydrogen) atoms. The van der Waals surface area contributed by atoms with Gasteiger partial charge in [0.25, 0.3) is 0 Å². The lowest BCUT2D eigenvalue weighted by Crippen LogP contribution is -2.48. The smallest absolute Gasteiger partial charge is 0.307 e. The molecule has 0 bridgehead atoms. The minimum atomic E-state index is -0.983. The van der Waals surface area contributed by atoms with Gasteiger partial charge < -0.3 is 19.9 Å². The Morgan fingerprint density at radius 1 is 1.16 bits per heavy atom. The number of likely N-dealkylation sites (tertiary alicyclic amines) is 1. The predicted octanol–water partition coefficient (Wildman–Crippen LogP) is 3.57. The second kappa shape index (κ2) is 9.63. The molecule has 1 aliphatic heterocycles. The number of carbonyl (C=O) groups is 4. The number of ketones is 1. The van der Waals surface area contributed by atoms with Crippen LogP contribution in [-0.2, 0) is 33.9 Å². The van der Waals surface area contributed by atoms with Crippen molar-refractivity contribution < 1.29 is 28.7 Å². The first-order chi connectivity index (χ1) is 17.6. The van der Waals surface area contributed by atoms with Crippen molar-refractivity contribution in [2.24, 2.45) is 5.92 Å². The van der Waals surface area contributed by atoms with Crippen LogP contribution < -0.4 is 5.32 Å². The van der Waals surface area contributed by atoms with Gasteiger partial charge in [-0.3, -0.25) is 19.2 Å². The summed E-state index contributed by atoms with van der Waals surface area (Å²) >= 11 is 5.83. The number of hydrogen-bond acceptors (Lipinski definition) is 4. The van der Waals surface area contributed by atoms with E-state index in [1.807, 2.05) is 0 Å². The highest BCUT2D eigenvalue weighted by Gasteiger charge is 2.55. The Hall–Kier alpha value is -3.72. The second-order valence-corrected chi connectivity index (χ2v) is 10.1. The van der Waals surface area contributed by atoms with E-state index in [1.54, 1.807) is 46.0 Å². The molecular formula is C27H25ClFN3O5. The average Bonchev–Trinajstić information content (AvgIpc) is 3.35. The number of piperidine rings is 1. The van der Waals surface area contributed by atoms with Crippen molar-refractivity contribution in [3.8, 4) is 0 Å². The lowest BCUT2D eigenvalue weighted by atomic mass is 10.1. The van der Waals surface area contributed by atoms with E-state index in [1.165, 1.54) is 13.0 Å². The fraction of sp³-hybridized carbons (Fsp3) is 0.333. The molecule has 8 nitrogen and oxygen atoms in total. The van der Waals surface area contributed by atoms with Gasteiger partial charge in [0.1, 0.15) is 18.4 Å². The molecule has 0 radical (unpaired) electrons. The van der Waals surface area contributed by atoms with Gasteiger partial charge >= 0.3 is 5.97 Å². The number of carboxylic acids is 1. The molecule has 1 aromatic heterocycles. The highest BCUT2D eigenvalue weighted by molar-refractivity contribution is 6.30. The Morgan fingerprint density at radius 2 is 1.95 bits per heavy atom. The van der Waals surface area contributed by atoms with E-state index in [0.29, 0.717) is 28.5 Å². The van der Waals surface area contributed by atoms with Crippen LogP contribution >= 0.6 is 11.6 Å². The van der Waals surface area contributed by atoms with Crippen molar-refractivity contribution in [2.75, 3.05) is 0 Å². The molecule has 0 unspecified atom stereocenters. The molecule has 5 rings (SSSR count). The van der Waals surface area contributed by atoms with Crippen LogP contribution in [0.25, 0.3) is 10.9 Å². The number of halogens is 2. The highest BCUT2D eigenvalue weighted by Crippen LogP contribution is 2.48. The predicted molar refractivity (Wildman–Crippen MR) is 134 cm³/mol. The van der Waals surface area contributed by atoms with Gasteiger partial charge in [-0.25, -0.2) is 4.39 Å². The minimum absolute atomic E-state index is 0.0252. The molecule has 192 valence electrons. The molecule has 2 aliphatic rings. The van der Waals surface area contributed by atoms with Gasteiger partial charge in [0.15, 0.2) is 5.78 Å². The number of fused-ring (bicyclic) bond motifs is 2. The molecule has 3 aromatic rings. The van der Waals surface area contributed by atoms with Crippen molar-refractivity contribution in [3.63, 3.8) is 0 Å². The zero-order valence-electron chi connectivity index (χ0n) is 20.0. The first kappa shape index (κ1) is 25.0. The van der Waals surface area contributed by atoms with Crippen LogP contribution in [0.2, 0.25) is 5.02 Å². The number of carbonyl (C=O) groups excluding carboxylic acids is 3. The van der Waals surface area contributed by atoms with Gasteiger partial charge in [0.2, 0.25) is 11.8 Å². The summed E-state index contributed by atoms with van der Waals surface area (Å²) in [6, 6.07) is 8.91. The minimum Gasteiger partial charge on any atom is -0.481 e. The van der Waals surface area contributed by atoms with Crippen molar-refractivity contribution in [1.82, 2.24) is 14.8 Å². The summed E-state index contributed by atoms with van der Waals surface area (Å²) in [5.41, 5.74) is 1.83. The zero-order chi connectivity index (χ0) is 26.4. The Bertz CT molecular complexity index is 1450. The maximum absolute atomic E-state index is 14.2. The van der Waals surface area contributed by atoms with Gasteiger partial charge in [-0.1, -0.05) is 35.9 Å². The quantitative estimate of drug-likeness (QED) is 0.437. The van der Waals surface area contributed by atoms with Crippen LogP contribution in [0.5, 0.6) is 0 Å². The Kier molecular flexibility index (Phi) is 6.49. The van der Waals surface area contributed by atoms with E-state index >= 15 is 0 Å². The molecule has 3 atom stereocenters. The number of nitrogens with zero attached hydrogens (tertiary/aromatic N) is 2. The molecule has 1 saturated carbocycles. The standard InChI is InChI=1S/C27H25ClFN3O5/c1-14(33)19-12-31(22-7-15(8-25(35)36)5-6-18(19)22)13-24(34)32-21-9-17(21)10-23(32)27(37)30-11-16-3-2-4-20(28)26(16)29/h2-7,12,17,21,23H,8-11,13H2,1H3,(H,30,37)(H,35,36)/t17-,21-,23+/m1/s1. The maximum Gasteiger partial charge on any atom is 0.307 e. The van der Waals surface area contributed by atoms with Crippen molar-refractivity contribution >= 4 is 46.1 Å². The fourth-order valence-electron chi connectivity index (χ4n) is 5.30. The number of rotatable bonds is 8. The molecule has 2 fully saturated rings. The lowest BCUT2D eigenvalue weighted by Gasteiger charge is -2.27. The van der Waals surface area contributed by atoms with Crippen LogP contribution in [0.1, 0.15) is 41.3 Å². The molecule has 2 N–H and O–H groups in total. The number of hydrogen-bond donors (Lipinski definition) is 2. The van der Waals surface area contributed by atoms with Crippen molar-refractivity contribution in [1.29, 1.82) is 0 Å². The van der Waals surface area contributed by atoms with E-state index in [9.17, 15) is 23.6 Å². The molecular weight excluding hydrogens is 501 g/mol. The highest BCUT2D eigenvalue weighted by atomic mass is 35.5. The lowest BCUT2D eigenvalue weighted by molar-refractivity contribution is -0.140. The van der Waals surface area contributed by atoms with E-state index in [2.05, 4.69) is 5.32 Å². The van der Waals surface area contributed by atoms with Gasteiger partial charge in [0, 0.05) is 40.8 Å². The average molecular weight is 526 g/mol. The van der Waals surface area contributed by atoms with Crippen LogP contribution in [0.4, 0.5) is 4.39 Å². The SMILES string of the molecule is CC(=O)c1cn(CC(=O)N2[C@@H]3C[C@@H]3C[C@H]2C(=O)NCc2cccc(Cl)c2F)c2cc(CC(=O)O)ccc12. The summed E-state index contributed by atoms with van der Waals surface area (Å²) in [4.78, 5) is 51.5. The van der Waals surface area contributed by atoms with Gasteiger partial charge in [-0.05, 0) is 43.4 Å². The van der Waals surface area contributed by atoms with Gasteiger partial charge in [0.05, 0.1) is 11.4 Å². The summed E-state index contributed by atoms with van der Waals surface area (Å²) in [6.45, 7) is 1.29. The van der Waals surface area contributed by atoms with Gasteiger partial charge in [-0.2, -0.15) is 0 Å². The summed E-state index contributed by atoms with van der Waals surface area (Å²) in [5, 5.41) is 12.5. The second-order valence-electron chi connectivity index (χ2n) is 9.70. The van der Waals surface area contributed by atoms with Crippen molar-refractivity contribution in [2.45, 2.75) is 51.4 Å². The number of carboxylic acid groups (broad SMARTS) is 1. The molecule has 2 heterocycles. The maximum atomic E-state index is 14.2. The van der Waals surface area contributed by atoms with E-state index in [-0.39, 0.29) is 59.7 Å². The van der Waals surface area contributed by atoms with Gasteiger partial charge in [-0.15, -0.1) is 0 Å². The third-order valence-corrected chi connectivity index (χ3v) is 7.46. The normalized spacial score (nSPS) is 20.1. The zero-order valence-corrected chi connectivity index (χ0v) is 20.8. The molecule has 2 amide bonds. The summed E-state index contributed by atoms with van der Waals surface area (Å²) in [5.74, 6) is -2.12. The Morgan fingerprint density at radius 3 is 2.68 bits per heavy atom. The number of Topliss-reactive ketones (excluding diaryl/α,β-unsaturated/α-hetero) is 1. The number of nitrogens with one attached hydrogen (secondary N) is 1. The summed E-state index contributed by atoms with van der Waals surface area (Å²) < 4.78 is 15.9. The Balaban J connectivity index is 1.36. The largest absolute Gasteiger partial charge is 0.481 e. The van der Waals surface area contributed by atoms with E-state index < -0.39 is 17.8 Å². The number of aliphatic carboxylic acids is 1. The summed E-state index contributed by atoms with van der Waals surface area (Å²) in [7, 11) is 0. The van der Waals surface area contributed by atoms with Crippen molar-refractivity contribution in [3.05, 3.63) is 70.1 Å². The third kappa shape index (κ3) is 4.83. The fourth-order valence-corrected chi connectivity index (χ4v) is 5.49. The topological polar surface area (TPSA) is 109 Å². The molecule has 1 saturated heterocycles. The molecule has 2 aromatic carbocycles. The molecule has 10 heteroatoms. The summed E-state index contributed by atoms with van der Waals surface area (Å²) in [6.07, 6.45) is 2.78. The van der Waals surface area contributed by atoms with Crippen LogP contribution in [-0.4, -0.2) is 50.2 Å². The molecule has 0 spiro atoms. The van der Waals surface area contributed by atoms with E-state index in [4.69, 9.17) is 16.7 Å². The monoisotopic (exact) mass is 525 g/mol. The number of amides is 2. The number of benzene rings is 2. The van der Waals surface area contributed by atoms with Crippen LogP contribution in [0, 0.1) is 11.7 Å². The first-order valence-corrected chi connectivity index (χ1v) is 12.4. The van der Waals surface area contributed by atoms with Crippen LogP contribution in [0.15, 0.2) is 42.6 Å². The molecule has 1 aliphatic carbocycles. The van der Waals surface area contributed by atoms with Crippen LogP contribution in [0.3, 0.4) is 0 Å². The third-order valence-electron chi connectivity index (χ3n) is 7.17. The first-order valence-electron chi connectivity index (χ1n) is 12.0. The van der Waals surface area contributed by atoms with E-state index in [0.717, 1.165) is 6.42 Å².